The van der Waals surface area contributed by atoms with Crippen LogP contribution in [-0.4, -0.2) is 32.5 Å². The number of hydrogen-bond acceptors (Lipinski definition) is 6. The zero-order valence-electron chi connectivity index (χ0n) is 14.5. The lowest BCUT2D eigenvalue weighted by Crippen LogP contribution is -2.32. The molecule has 6 nitrogen and oxygen atoms in total. The Balaban J connectivity index is 1.62. The second-order valence-corrected chi connectivity index (χ2v) is 9.02. The molecular formula is C19H19NO5S2. The Morgan fingerprint density at radius 3 is 2.63 bits per heavy atom. The summed E-state index contributed by atoms with van der Waals surface area (Å²) in [6, 6.07) is 12.2. The maximum atomic E-state index is 13.3. The number of ether oxygens (including phenoxy) is 2. The second kappa shape index (κ2) is 7.75. The van der Waals surface area contributed by atoms with Crippen molar-refractivity contribution in [3.8, 4) is 11.5 Å². The summed E-state index contributed by atoms with van der Waals surface area (Å²) in [7, 11) is -3.72. The Bertz CT molecular complexity index is 981. The highest BCUT2D eigenvalue weighted by molar-refractivity contribution is 7.89. The number of rotatable bonds is 7. The molecule has 0 saturated carbocycles. The molecule has 27 heavy (non-hydrogen) atoms. The highest BCUT2D eigenvalue weighted by Crippen LogP contribution is 2.33. The molecule has 142 valence electrons. The van der Waals surface area contributed by atoms with Crippen LogP contribution in [0.4, 0.5) is 0 Å². The molecule has 0 bridgehead atoms. The molecule has 8 heteroatoms. The van der Waals surface area contributed by atoms with E-state index in [4.69, 9.17) is 13.9 Å². The van der Waals surface area contributed by atoms with Gasteiger partial charge in [0.1, 0.15) is 19.0 Å². The molecule has 0 unspecified atom stereocenters. The first kappa shape index (κ1) is 18.1. The summed E-state index contributed by atoms with van der Waals surface area (Å²) in [5.74, 6) is 1.62. The molecule has 0 spiro atoms. The molecule has 1 aromatic carbocycles. The van der Waals surface area contributed by atoms with Crippen LogP contribution in [0.1, 0.15) is 10.6 Å². The van der Waals surface area contributed by atoms with Crippen LogP contribution in [0.15, 0.2) is 63.4 Å². The van der Waals surface area contributed by atoms with E-state index in [0.29, 0.717) is 43.4 Å². The van der Waals surface area contributed by atoms with Crippen molar-refractivity contribution in [3.05, 3.63) is 64.7 Å². The first-order valence-electron chi connectivity index (χ1n) is 8.57. The number of hydrogen-bond donors (Lipinski definition) is 0. The standard InChI is InChI=1S/C19H19NO5S2/c21-27(22,17-5-6-18-19(13-17)25-11-10-24-18)20(14-15-3-1-9-23-15)8-7-16-4-2-12-26-16/h1-6,9,12-13H,7-8,10-11,14H2. The summed E-state index contributed by atoms with van der Waals surface area (Å²) >= 11 is 1.62. The van der Waals surface area contributed by atoms with Gasteiger partial charge in [-0.1, -0.05) is 6.07 Å². The third-order valence-corrected chi connectivity index (χ3v) is 7.03. The molecule has 0 amide bonds. The van der Waals surface area contributed by atoms with Crippen molar-refractivity contribution < 1.29 is 22.3 Å². The summed E-state index contributed by atoms with van der Waals surface area (Å²) in [6.45, 7) is 1.41. The van der Waals surface area contributed by atoms with Crippen molar-refractivity contribution in [2.75, 3.05) is 19.8 Å². The van der Waals surface area contributed by atoms with Crippen molar-refractivity contribution in [2.45, 2.75) is 17.9 Å². The molecule has 2 aromatic heterocycles. The van der Waals surface area contributed by atoms with Gasteiger partial charge in [-0.25, -0.2) is 8.42 Å². The van der Waals surface area contributed by atoms with Crippen LogP contribution in [0, 0.1) is 0 Å². The van der Waals surface area contributed by atoms with Gasteiger partial charge >= 0.3 is 0 Å². The summed E-state index contributed by atoms with van der Waals surface area (Å²) < 4.78 is 44.4. The van der Waals surface area contributed by atoms with Gasteiger partial charge in [0.2, 0.25) is 10.0 Å². The predicted molar refractivity (Wildman–Crippen MR) is 102 cm³/mol. The average Bonchev–Trinajstić information content (AvgIpc) is 3.38. The average molecular weight is 405 g/mol. The molecule has 0 saturated heterocycles. The molecule has 0 atom stereocenters. The van der Waals surface area contributed by atoms with Gasteiger partial charge in [0.25, 0.3) is 0 Å². The first-order valence-corrected chi connectivity index (χ1v) is 10.9. The lowest BCUT2D eigenvalue weighted by Gasteiger charge is -2.23. The Hall–Kier alpha value is -2.29. The number of nitrogens with zero attached hydrogens (tertiary/aromatic N) is 1. The maximum absolute atomic E-state index is 13.3. The van der Waals surface area contributed by atoms with Crippen LogP contribution in [0.25, 0.3) is 0 Å². The SMILES string of the molecule is O=S(=O)(c1ccc2c(c1)OCCO2)N(CCc1cccs1)Cc1ccco1. The fourth-order valence-electron chi connectivity index (χ4n) is 2.88. The zero-order chi connectivity index (χ0) is 18.7. The van der Waals surface area contributed by atoms with E-state index in [1.165, 1.54) is 10.4 Å². The number of fused-ring (bicyclic) bond motifs is 1. The Kier molecular flexibility index (Phi) is 5.20. The van der Waals surface area contributed by atoms with Gasteiger partial charge in [0.15, 0.2) is 11.5 Å². The van der Waals surface area contributed by atoms with Gasteiger partial charge in [-0.3, -0.25) is 0 Å². The minimum atomic E-state index is -3.72. The summed E-state index contributed by atoms with van der Waals surface area (Å²) in [6.07, 6.45) is 2.19. The van der Waals surface area contributed by atoms with Crippen molar-refractivity contribution in [1.82, 2.24) is 4.31 Å². The van der Waals surface area contributed by atoms with E-state index < -0.39 is 10.0 Å². The van der Waals surface area contributed by atoms with Crippen molar-refractivity contribution in [2.24, 2.45) is 0 Å². The molecule has 3 heterocycles. The van der Waals surface area contributed by atoms with E-state index >= 15 is 0 Å². The van der Waals surface area contributed by atoms with Gasteiger partial charge in [-0.15, -0.1) is 11.3 Å². The van der Waals surface area contributed by atoms with Crippen LogP contribution in [0.3, 0.4) is 0 Å². The van der Waals surface area contributed by atoms with Crippen LogP contribution in [0.2, 0.25) is 0 Å². The van der Waals surface area contributed by atoms with Gasteiger partial charge < -0.3 is 13.9 Å². The van der Waals surface area contributed by atoms with Gasteiger partial charge in [-0.2, -0.15) is 4.31 Å². The van der Waals surface area contributed by atoms with E-state index in [0.717, 1.165) is 4.88 Å². The lowest BCUT2D eigenvalue weighted by atomic mass is 10.3. The van der Waals surface area contributed by atoms with Crippen molar-refractivity contribution >= 4 is 21.4 Å². The van der Waals surface area contributed by atoms with Crippen LogP contribution in [0.5, 0.6) is 11.5 Å². The smallest absolute Gasteiger partial charge is 0.243 e. The maximum Gasteiger partial charge on any atom is 0.243 e. The Labute approximate surface area is 162 Å². The molecule has 0 aliphatic carbocycles. The van der Waals surface area contributed by atoms with Crippen molar-refractivity contribution in [3.63, 3.8) is 0 Å². The highest BCUT2D eigenvalue weighted by atomic mass is 32.2. The molecule has 0 fully saturated rings. The molecule has 4 rings (SSSR count). The highest BCUT2D eigenvalue weighted by Gasteiger charge is 2.27. The van der Waals surface area contributed by atoms with E-state index in [9.17, 15) is 8.42 Å². The number of thiophene rings is 1. The number of furan rings is 1. The Morgan fingerprint density at radius 2 is 1.89 bits per heavy atom. The van der Waals surface area contributed by atoms with Gasteiger partial charge in [0, 0.05) is 17.5 Å². The topological polar surface area (TPSA) is 69.0 Å². The largest absolute Gasteiger partial charge is 0.486 e. The molecule has 3 aromatic rings. The van der Waals surface area contributed by atoms with E-state index in [1.807, 2.05) is 17.5 Å². The first-order chi connectivity index (χ1) is 13.1. The summed E-state index contributed by atoms with van der Waals surface area (Å²) in [4.78, 5) is 1.32. The normalized spacial score (nSPS) is 13.8. The molecular weight excluding hydrogens is 386 g/mol. The monoisotopic (exact) mass is 405 g/mol. The zero-order valence-corrected chi connectivity index (χ0v) is 16.2. The molecule has 1 aliphatic heterocycles. The van der Waals surface area contributed by atoms with Gasteiger partial charge in [-0.05, 0) is 42.1 Å². The van der Waals surface area contributed by atoms with Crippen molar-refractivity contribution in [1.29, 1.82) is 0 Å². The fraction of sp³-hybridized carbons (Fsp3) is 0.263. The van der Waals surface area contributed by atoms with Gasteiger partial charge in [0.05, 0.1) is 17.7 Å². The summed E-state index contributed by atoms with van der Waals surface area (Å²) in [5, 5.41) is 1.99. The number of benzene rings is 1. The Morgan fingerprint density at radius 1 is 1.04 bits per heavy atom. The molecule has 1 aliphatic rings. The van der Waals surface area contributed by atoms with E-state index in [-0.39, 0.29) is 11.4 Å². The van der Waals surface area contributed by atoms with E-state index in [1.54, 1.807) is 41.9 Å². The minimum Gasteiger partial charge on any atom is -0.486 e. The molecule has 0 N–H and O–H groups in total. The lowest BCUT2D eigenvalue weighted by molar-refractivity contribution is 0.171. The number of sulfonamides is 1. The third-order valence-electron chi connectivity index (χ3n) is 4.25. The van der Waals surface area contributed by atoms with Crippen LogP contribution >= 0.6 is 11.3 Å². The predicted octanol–water partition coefficient (Wildman–Crippen LogP) is 3.55. The van der Waals surface area contributed by atoms with Crippen LogP contribution in [-0.2, 0) is 23.0 Å². The third kappa shape index (κ3) is 4.02. The fourth-order valence-corrected chi connectivity index (χ4v) is 5.00. The summed E-state index contributed by atoms with van der Waals surface area (Å²) in [5.41, 5.74) is 0. The van der Waals surface area contributed by atoms with E-state index in [2.05, 4.69) is 0 Å². The molecule has 0 radical (unpaired) electrons. The minimum absolute atomic E-state index is 0.176. The van der Waals surface area contributed by atoms with Crippen LogP contribution < -0.4 is 9.47 Å². The quantitative estimate of drug-likeness (QED) is 0.601. The second-order valence-electron chi connectivity index (χ2n) is 6.05.